The zero-order valence-corrected chi connectivity index (χ0v) is 15.5. The van der Waals surface area contributed by atoms with Gasteiger partial charge in [-0.2, -0.15) is 4.98 Å². The van der Waals surface area contributed by atoms with E-state index in [0.717, 1.165) is 12.8 Å². The first-order valence-corrected chi connectivity index (χ1v) is 8.77. The fourth-order valence-corrected chi connectivity index (χ4v) is 2.85. The van der Waals surface area contributed by atoms with Crippen LogP contribution in [0.15, 0.2) is 36.5 Å². The van der Waals surface area contributed by atoms with Gasteiger partial charge in [0, 0.05) is 38.2 Å². The lowest BCUT2D eigenvalue weighted by Gasteiger charge is -2.31. The molecule has 0 bridgehead atoms. The second-order valence-electron chi connectivity index (χ2n) is 6.02. The summed E-state index contributed by atoms with van der Waals surface area (Å²) in [6.07, 6.45) is 3.05. The minimum absolute atomic E-state index is 0.00351. The Morgan fingerprint density at radius 2 is 1.85 bits per heavy atom. The van der Waals surface area contributed by atoms with Gasteiger partial charge in [0.1, 0.15) is 6.10 Å². The van der Waals surface area contributed by atoms with E-state index in [9.17, 15) is 4.79 Å². The Balaban J connectivity index is 1.46. The highest BCUT2D eigenvalue weighted by Gasteiger charge is 2.24. The second kappa shape index (κ2) is 9.07. The van der Waals surface area contributed by atoms with E-state index >= 15 is 0 Å². The molecule has 2 heterocycles. The van der Waals surface area contributed by atoms with Crippen molar-refractivity contribution in [2.24, 2.45) is 0 Å². The smallest absolute Gasteiger partial charge is 0.319 e. The van der Waals surface area contributed by atoms with Crippen molar-refractivity contribution in [3.63, 3.8) is 0 Å². The maximum Gasteiger partial charge on any atom is 0.319 e. The number of rotatable bonds is 7. The van der Waals surface area contributed by atoms with E-state index in [4.69, 9.17) is 18.9 Å². The molecule has 1 saturated heterocycles. The molecule has 1 aliphatic heterocycles. The van der Waals surface area contributed by atoms with Crippen LogP contribution in [0.5, 0.6) is 23.4 Å². The quantitative estimate of drug-likeness (QED) is 0.733. The van der Waals surface area contributed by atoms with Crippen LogP contribution in [-0.4, -0.2) is 60.8 Å². The molecule has 0 N–H and O–H groups in total. The normalized spacial score (nSPS) is 14.5. The molecule has 3 rings (SSSR count). The highest BCUT2D eigenvalue weighted by molar-refractivity contribution is 5.78. The van der Waals surface area contributed by atoms with Crippen molar-refractivity contribution in [2.45, 2.75) is 18.9 Å². The lowest BCUT2D eigenvalue weighted by molar-refractivity contribution is -0.135. The van der Waals surface area contributed by atoms with Gasteiger partial charge in [0.15, 0.2) is 18.1 Å². The summed E-state index contributed by atoms with van der Waals surface area (Å²) in [6, 6.07) is 9.24. The SMILES string of the molecule is COc1nccc(OC2CCN(C(=O)COc3ccccc3OC)CC2)n1. The van der Waals surface area contributed by atoms with Crippen LogP contribution in [0.1, 0.15) is 12.8 Å². The predicted octanol–water partition coefficient (Wildman–Crippen LogP) is 1.94. The van der Waals surface area contributed by atoms with Crippen molar-refractivity contribution < 1.29 is 23.7 Å². The first kappa shape index (κ1) is 18.8. The fraction of sp³-hybridized carbons (Fsp3) is 0.421. The van der Waals surface area contributed by atoms with Gasteiger partial charge in [-0.05, 0) is 12.1 Å². The Bertz CT molecular complexity index is 763. The average molecular weight is 373 g/mol. The lowest BCUT2D eigenvalue weighted by Crippen LogP contribution is -2.43. The standard InChI is InChI=1S/C19H23N3O5/c1-24-15-5-3-4-6-16(15)26-13-18(23)22-11-8-14(9-12-22)27-17-7-10-20-19(21-17)25-2/h3-7,10,14H,8-9,11-13H2,1-2H3. The van der Waals surface area contributed by atoms with Crippen molar-refractivity contribution in [2.75, 3.05) is 33.9 Å². The number of amides is 1. The first-order valence-electron chi connectivity index (χ1n) is 8.77. The van der Waals surface area contributed by atoms with Crippen LogP contribution in [0, 0.1) is 0 Å². The number of hydrogen-bond acceptors (Lipinski definition) is 7. The number of carbonyl (C=O) groups is 1. The van der Waals surface area contributed by atoms with Gasteiger partial charge in [-0.1, -0.05) is 12.1 Å². The van der Waals surface area contributed by atoms with Gasteiger partial charge < -0.3 is 23.8 Å². The van der Waals surface area contributed by atoms with Gasteiger partial charge in [0.2, 0.25) is 5.88 Å². The topological polar surface area (TPSA) is 83.0 Å². The number of para-hydroxylation sites is 2. The van der Waals surface area contributed by atoms with Crippen molar-refractivity contribution in [3.8, 4) is 23.4 Å². The number of carbonyl (C=O) groups excluding carboxylic acids is 1. The third-order valence-corrected chi connectivity index (χ3v) is 4.29. The van der Waals surface area contributed by atoms with Gasteiger partial charge in [-0.3, -0.25) is 4.79 Å². The highest BCUT2D eigenvalue weighted by Crippen LogP contribution is 2.26. The molecule has 2 aromatic rings. The first-order chi connectivity index (χ1) is 13.2. The molecule has 0 atom stereocenters. The van der Waals surface area contributed by atoms with Gasteiger partial charge in [0.25, 0.3) is 5.91 Å². The third-order valence-electron chi connectivity index (χ3n) is 4.29. The summed E-state index contributed by atoms with van der Waals surface area (Å²) in [5.74, 6) is 1.59. The molecule has 1 aliphatic rings. The lowest BCUT2D eigenvalue weighted by atomic mass is 10.1. The van der Waals surface area contributed by atoms with Crippen molar-refractivity contribution in [1.29, 1.82) is 0 Å². The molecule has 0 radical (unpaired) electrons. The van der Waals surface area contributed by atoms with E-state index in [1.54, 1.807) is 36.4 Å². The summed E-state index contributed by atoms with van der Waals surface area (Å²) in [5.41, 5.74) is 0. The number of methoxy groups -OCH3 is 2. The molecule has 8 heteroatoms. The summed E-state index contributed by atoms with van der Waals surface area (Å²) < 4.78 is 21.7. The van der Waals surface area contributed by atoms with Crippen LogP contribution in [0.3, 0.4) is 0 Å². The summed E-state index contributed by atoms with van der Waals surface area (Å²) in [5, 5.41) is 0. The molecule has 144 valence electrons. The molecule has 0 spiro atoms. The number of benzene rings is 1. The molecule has 0 aliphatic carbocycles. The Morgan fingerprint density at radius 1 is 1.11 bits per heavy atom. The molecule has 0 unspecified atom stereocenters. The van der Waals surface area contributed by atoms with Crippen LogP contribution in [0.4, 0.5) is 0 Å². The van der Waals surface area contributed by atoms with Crippen molar-refractivity contribution >= 4 is 5.91 Å². The Morgan fingerprint density at radius 3 is 2.56 bits per heavy atom. The van der Waals surface area contributed by atoms with E-state index in [-0.39, 0.29) is 24.6 Å². The van der Waals surface area contributed by atoms with Crippen LogP contribution in [0.2, 0.25) is 0 Å². The minimum Gasteiger partial charge on any atom is -0.493 e. The summed E-state index contributed by atoms with van der Waals surface area (Å²) >= 11 is 0. The van der Waals surface area contributed by atoms with E-state index in [0.29, 0.717) is 30.5 Å². The molecule has 27 heavy (non-hydrogen) atoms. The molecule has 1 aromatic carbocycles. The zero-order valence-electron chi connectivity index (χ0n) is 15.5. The number of aromatic nitrogens is 2. The van der Waals surface area contributed by atoms with Crippen molar-refractivity contribution in [1.82, 2.24) is 14.9 Å². The van der Waals surface area contributed by atoms with Crippen LogP contribution in [-0.2, 0) is 4.79 Å². The summed E-state index contributed by atoms with van der Waals surface area (Å²) in [6.45, 7) is 1.21. The zero-order chi connectivity index (χ0) is 19.1. The summed E-state index contributed by atoms with van der Waals surface area (Å²) in [4.78, 5) is 22.3. The molecule has 1 amide bonds. The highest BCUT2D eigenvalue weighted by atomic mass is 16.5. The maximum atomic E-state index is 12.4. The van der Waals surface area contributed by atoms with E-state index in [1.165, 1.54) is 7.11 Å². The number of ether oxygens (including phenoxy) is 4. The van der Waals surface area contributed by atoms with Crippen LogP contribution >= 0.6 is 0 Å². The maximum absolute atomic E-state index is 12.4. The monoisotopic (exact) mass is 373 g/mol. The summed E-state index contributed by atoms with van der Waals surface area (Å²) in [7, 11) is 3.08. The Hall–Kier alpha value is -3.03. The molecule has 0 saturated carbocycles. The number of nitrogens with zero attached hydrogens (tertiary/aromatic N) is 3. The minimum atomic E-state index is -0.0527. The van der Waals surface area contributed by atoms with E-state index in [2.05, 4.69) is 9.97 Å². The molecule has 1 aromatic heterocycles. The number of piperidine rings is 1. The second-order valence-corrected chi connectivity index (χ2v) is 6.02. The van der Waals surface area contributed by atoms with E-state index in [1.807, 2.05) is 12.1 Å². The van der Waals surface area contributed by atoms with Gasteiger partial charge in [0.05, 0.1) is 14.2 Å². The molecular weight excluding hydrogens is 350 g/mol. The van der Waals surface area contributed by atoms with Gasteiger partial charge in [-0.15, -0.1) is 0 Å². The number of hydrogen-bond donors (Lipinski definition) is 0. The van der Waals surface area contributed by atoms with Gasteiger partial charge in [-0.25, -0.2) is 4.98 Å². The van der Waals surface area contributed by atoms with Gasteiger partial charge >= 0.3 is 6.01 Å². The van der Waals surface area contributed by atoms with Crippen molar-refractivity contribution in [3.05, 3.63) is 36.5 Å². The Kier molecular flexibility index (Phi) is 6.30. The average Bonchev–Trinajstić information content (AvgIpc) is 2.73. The fourth-order valence-electron chi connectivity index (χ4n) is 2.85. The largest absolute Gasteiger partial charge is 0.493 e. The third kappa shape index (κ3) is 4.99. The van der Waals surface area contributed by atoms with E-state index < -0.39 is 0 Å². The number of likely N-dealkylation sites (tertiary alicyclic amines) is 1. The molecular formula is C19H23N3O5. The molecule has 8 nitrogen and oxygen atoms in total. The van der Waals surface area contributed by atoms with Crippen LogP contribution < -0.4 is 18.9 Å². The predicted molar refractivity (Wildman–Crippen MR) is 97.3 cm³/mol. The van der Waals surface area contributed by atoms with Crippen LogP contribution in [0.25, 0.3) is 0 Å². The molecule has 1 fully saturated rings. The Labute approximate surface area is 158 Å².